The Kier molecular flexibility index (Phi) is 11.3. The Balaban J connectivity index is 1.15. The molecule has 6 rings (SSSR count). The zero-order chi connectivity index (χ0) is 35.7. The highest BCUT2D eigenvalue weighted by Gasteiger charge is 2.20. The maximum absolute atomic E-state index is 13.1. The van der Waals surface area contributed by atoms with E-state index in [2.05, 4.69) is 9.97 Å². The molecule has 0 atom stereocenters. The van der Waals surface area contributed by atoms with Gasteiger partial charge in [-0.1, -0.05) is 12.1 Å². The minimum atomic E-state index is -0.908. The first kappa shape index (κ1) is 35.2. The third kappa shape index (κ3) is 8.22. The number of esters is 2. The number of benzene rings is 2. The summed E-state index contributed by atoms with van der Waals surface area (Å²) in [6.07, 6.45) is 0. The normalized spacial score (nSPS) is 10.8. The molecule has 0 radical (unpaired) electrons. The van der Waals surface area contributed by atoms with Crippen molar-refractivity contribution < 1.29 is 33.3 Å². The lowest BCUT2D eigenvalue weighted by atomic mass is 10.2. The number of nitrogens with zero attached hydrogens (tertiary/aromatic N) is 4. The van der Waals surface area contributed by atoms with E-state index in [9.17, 15) is 9.59 Å². The molecule has 0 unspecified atom stereocenters. The van der Waals surface area contributed by atoms with E-state index in [-0.39, 0.29) is 11.4 Å². The van der Waals surface area contributed by atoms with E-state index >= 15 is 0 Å². The third-order valence-corrected chi connectivity index (χ3v) is 9.00. The van der Waals surface area contributed by atoms with Crippen molar-refractivity contribution in [3.63, 3.8) is 0 Å². The van der Waals surface area contributed by atoms with Crippen molar-refractivity contribution in [2.24, 2.45) is 0 Å². The molecule has 0 saturated carbocycles. The highest BCUT2D eigenvalue weighted by atomic mass is 32.1. The summed E-state index contributed by atoms with van der Waals surface area (Å²) in [5.41, 5.74) is 3.67. The summed E-state index contributed by atoms with van der Waals surface area (Å²) < 4.78 is 28.1. The molecule has 0 aliphatic carbocycles. The summed E-state index contributed by atoms with van der Waals surface area (Å²) in [5, 5.41) is 5.18. The van der Waals surface area contributed by atoms with Crippen LogP contribution in [0.4, 0.5) is 0 Å². The quantitative estimate of drug-likeness (QED) is 0.0790. The average molecular weight is 723 g/mol. The number of carbonyl (C=O) groups is 2. The van der Waals surface area contributed by atoms with Crippen molar-refractivity contribution in [2.45, 2.75) is 27.7 Å². The SMILES string of the molecule is CCOc1ccc(-c2nc(-c3cccc(C(=O)OC(=O)c4cccc(-c5csc(-c6ccc(OCC)c(OCC)c6)n5)n4)n3)cs2)cc1OCC. The Morgan fingerprint density at radius 1 is 0.510 bits per heavy atom. The second kappa shape index (κ2) is 16.4. The number of pyridine rings is 2. The summed E-state index contributed by atoms with van der Waals surface area (Å²) in [6.45, 7) is 9.71. The molecule has 4 heterocycles. The standard InChI is InChI=1S/C38H34N4O7S2/c1-5-45-31-17-15-23(19-33(31)47-7-3)35-41-29(21-50-35)25-11-9-13-27(39-25)37(43)49-38(44)28-14-10-12-26(40-28)30-22-51-36(42-30)24-16-18-32(46-6-2)34(20-24)48-8-4/h9-22H,5-8H2,1-4H3. The molecule has 2 aromatic carbocycles. The van der Waals surface area contributed by atoms with Gasteiger partial charge >= 0.3 is 11.9 Å². The number of rotatable bonds is 14. The second-order valence-electron chi connectivity index (χ2n) is 10.6. The number of hydrogen-bond acceptors (Lipinski definition) is 13. The number of thiazole rings is 2. The molecule has 260 valence electrons. The molecular weight excluding hydrogens is 689 g/mol. The summed E-state index contributed by atoms with van der Waals surface area (Å²) in [7, 11) is 0. The minimum absolute atomic E-state index is 0.0443. The third-order valence-electron chi connectivity index (χ3n) is 7.22. The van der Waals surface area contributed by atoms with Gasteiger partial charge < -0.3 is 23.7 Å². The Morgan fingerprint density at radius 2 is 0.922 bits per heavy atom. The molecule has 0 aliphatic heterocycles. The van der Waals surface area contributed by atoms with E-state index in [0.29, 0.717) is 72.2 Å². The summed E-state index contributed by atoms with van der Waals surface area (Å²) in [5.74, 6) is 0.787. The lowest BCUT2D eigenvalue weighted by molar-refractivity contribution is 0.0389. The first-order valence-corrected chi connectivity index (χ1v) is 18.1. The molecule has 0 N–H and O–H groups in total. The molecule has 0 bridgehead atoms. The monoisotopic (exact) mass is 722 g/mol. The molecular formula is C38H34N4O7S2. The van der Waals surface area contributed by atoms with Gasteiger partial charge in [0.25, 0.3) is 0 Å². The van der Waals surface area contributed by atoms with Gasteiger partial charge in [0.2, 0.25) is 0 Å². The van der Waals surface area contributed by atoms with Crippen molar-refractivity contribution in [3.8, 4) is 66.9 Å². The highest BCUT2D eigenvalue weighted by molar-refractivity contribution is 7.13. The van der Waals surface area contributed by atoms with Gasteiger partial charge in [-0.2, -0.15) is 0 Å². The van der Waals surface area contributed by atoms with Gasteiger partial charge in [0.15, 0.2) is 23.0 Å². The van der Waals surface area contributed by atoms with Crippen LogP contribution in [0, 0.1) is 0 Å². The molecule has 13 heteroatoms. The molecule has 4 aromatic heterocycles. The zero-order valence-electron chi connectivity index (χ0n) is 28.4. The van der Waals surface area contributed by atoms with Gasteiger partial charge in [0.1, 0.15) is 32.8 Å². The van der Waals surface area contributed by atoms with Crippen molar-refractivity contribution in [1.29, 1.82) is 0 Å². The van der Waals surface area contributed by atoms with Crippen molar-refractivity contribution in [2.75, 3.05) is 26.4 Å². The maximum atomic E-state index is 13.1. The van der Waals surface area contributed by atoms with Crippen LogP contribution in [0.15, 0.2) is 83.6 Å². The van der Waals surface area contributed by atoms with Crippen LogP contribution in [0.25, 0.3) is 43.9 Å². The smallest absolute Gasteiger partial charge is 0.364 e. The van der Waals surface area contributed by atoms with Crippen LogP contribution in [0.1, 0.15) is 48.7 Å². The highest BCUT2D eigenvalue weighted by Crippen LogP contribution is 2.37. The van der Waals surface area contributed by atoms with Crippen LogP contribution in [-0.2, 0) is 4.74 Å². The number of hydrogen-bond donors (Lipinski definition) is 0. The van der Waals surface area contributed by atoms with Crippen LogP contribution in [-0.4, -0.2) is 58.3 Å². The topological polar surface area (TPSA) is 132 Å². The molecule has 51 heavy (non-hydrogen) atoms. The van der Waals surface area contributed by atoms with Crippen LogP contribution < -0.4 is 18.9 Å². The van der Waals surface area contributed by atoms with Gasteiger partial charge in [-0.25, -0.2) is 29.5 Å². The number of aromatic nitrogens is 4. The van der Waals surface area contributed by atoms with Gasteiger partial charge in [-0.15, -0.1) is 22.7 Å². The van der Waals surface area contributed by atoms with Crippen molar-refractivity contribution in [1.82, 2.24) is 19.9 Å². The van der Waals surface area contributed by atoms with E-state index in [0.717, 1.165) is 21.1 Å². The van der Waals surface area contributed by atoms with E-state index in [4.69, 9.17) is 33.7 Å². The number of carbonyl (C=O) groups excluding carboxylic acids is 2. The molecule has 11 nitrogen and oxygen atoms in total. The van der Waals surface area contributed by atoms with Gasteiger partial charge in [0, 0.05) is 21.9 Å². The predicted octanol–water partition coefficient (Wildman–Crippen LogP) is 8.65. The second-order valence-corrected chi connectivity index (χ2v) is 12.3. The fourth-order valence-corrected chi connectivity index (χ4v) is 6.61. The fourth-order valence-electron chi connectivity index (χ4n) is 4.99. The fraction of sp³-hybridized carbons (Fsp3) is 0.211. The predicted molar refractivity (Wildman–Crippen MR) is 196 cm³/mol. The summed E-state index contributed by atoms with van der Waals surface area (Å²) >= 11 is 2.86. The zero-order valence-corrected chi connectivity index (χ0v) is 30.0. The average Bonchev–Trinajstić information content (AvgIpc) is 3.85. The maximum Gasteiger partial charge on any atom is 0.364 e. The van der Waals surface area contributed by atoms with Gasteiger partial charge in [-0.05, 0) is 88.4 Å². The van der Waals surface area contributed by atoms with Crippen LogP contribution in [0.3, 0.4) is 0 Å². The van der Waals surface area contributed by atoms with Gasteiger partial charge in [0.05, 0.1) is 37.8 Å². The lowest BCUT2D eigenvalue weighted by Gasteiger charge is -2.11. The van der Waals surface area contributed by atoms with E-state index in [1.807, 2.05) is 74.9 Å². The van der Waals surface area contributed by atoms with E-state index in [1.165, 1.54) is 34.8 Å². The minimum Gasteiger partial charge on any atom is -0.490 e. The molecule has 0 aliphatic rings. The van der Waals surface area contributed by atoms with Crippen LogP contribution in [0.2, 0.25) is 0 Å². The number of ether oxygens (including phenoxy) is 5. The Labute approximate surface area is 302 Å². The lowest BCUT2D eigenvalue weighted by Crippen LogP contribution is -2.15. The summed E-state index contributed by atoms with van der Waals surface area (Å²) in [4.78, 5) is 44.5. The molecule has 0 fully saturated rings. The van der Waals surface area contributed by atoms with E-state index < -0.39 is 11.9 Å². The molecule has 0 amide bonds. The van der Waals surface area contributed by atoms with Gasteiger partial charge in [-0.3, -0.25) is 0 Å². The Bertz CT molecular complexity index is 2010. The Morgan fingerprint density at radius 3 is 1.33 bits per heavy atom. The first-order valence-electron chi connectivity index (χ1n) is 16.3. The van der Waals surface area contributed by atoms with Crippen LogP contribution >= 0.6 is 22.7 Å². The largest absolute Gasteiger partial charge is 0.490 e. The van der Waals surface area contributed by atoms with Crippen molar-refractivity contribution >= 4 is 34.6 Å². The van der Waals surface area contributed by atoms with Crippen LogP contribution in [0.5, 0.6) is 23.0 Å². The molecule has 6 aromatic rings. The molecule has 0 spiro atoms. The summed E-state index contributed by atoms with van der Waals surface area (Å²) in [6, 6.07) is 21.1. The van der Waals surface area contributed by atoms with Crippen molar-refractivity contribution in [3.05, 3.63) is 94.9 Å². The first-order chi connectivity index (χ1) is 24.9. The Hall–Kier alpha value is -5.66. The molecule has 0 saturated heterocycles. The van der Waals surface area contributed by atoms with E-state index in [1.54, 1.807) is 24.3 Å².